The zero-order valence-corrected chi connectivity index (χ0v) is 11.9. The minimum absolute atomic E-state index is 0.0220. The topological polar surface area (TPSA) is 58.2 Å². The molecule has 1 unspecified atom stereocenters. The molecule has 1 fully saturated rings. The van der Waals surface area contributed by atoms with Gasteiger partial charge in [0.1, 0.15) is 11.6 Å². The highest BCUT2D eigenvalue weighted by Gasteiger charge is 2.41. The molecule has 0 aromatic heterocycles. The molecule has 0 bridgehead atoms. The van der Waals surface area contributed by atoms with Gasteiger partial charge < -0.3 is 10.6 Å². The van der Waals surface area contributed by atoms with Crippen LogP contribution in [0.5, 0.6) is 0 Å². The van der Waals surface area contributed by atoms with E-state index in [1.807, 2.05) is 6.08 Å². The Morgan fingerprint density at radius 3 is 2.95 bits per heavy atom. The second kappa shape index (κ2) is 5.51. The van der Waals surface area contributed by atoms with E-state index in [1.165, 1.54) is 0 Å². The number of fused-ring (bicyclic) bond motifs is 1. The van der Waals surface area contributed by atoms with Crippen molar-refractivity contribution < 1.29 is 18.4 Å². The lowest BCUT2D eigenvalue weighted by Gasteiger charge is -2.36. The van der Waals surface area contributed by atoms with Gasteiger partial charge in [-0.05, 0) is 37.5 Å². The molecule has 2 N–H and O–H groups in total. The Balaban J connectivity index is 1.72. The molecule has 1 aromatic carbocycles. The number of rotatable bonds is 3. The van der Waals surface area contributed by atoms with Crippen LogP contribution >= 0.6 is 0 Å². The molecular weight excluding hydrogens is 290 g/mol. The van der Waals surface area contributed by atoms with Gasteiger partial charge in [0.2, 0.25) is 5.91 Å². The first kappa shape index (κ1) is 14.7. The Morgan fingerprint density at radius 1 is 1.32 bits per heavy atom. The van der Waals surface area contributed by atoms with E-state index in [4.69, 9.17) is 0 Å². The van der Waals surface area contributed by atoms with Crippen molar-refractivity contribution in [3.63, 3.8) is 0 Å². The number of carbonyl (C=O) groups excluding carboxylic acids is 2. The summed E-state index contributed by atoms with van der Waals surface area (Å²) in [6.07, 6.45) is 4.68. The number of halogens is 2. The van der Waals surface area contributed by atoms with Gasteiger partial charge in [-0.3, -0.25) is 9.59 Å². The SMILES string of the molecule is O=C1CCC2(CNC(=O)c3cc(F)ccc3F)CCC=C2N1. The molecule has 116 valence electrons. The molecular formula is C16H16F2N2O2. The summed E-state index contributed by atoms with van der Waals surface area (Å²) in [6.45, 7) is 0.300. The molecule has 0 radical (unpaired) electrons. The maximum Gasteiger partial charge on any atom is 0.254 e. The molecule has 2 amide bonds. The maximum atomic E-state index is 13.6. The van der Waals surface area contributed by atoms with Crippen molar-refractivity contribution in [2.75, 3.05) is 6.54 Å². The zero-order valence-electron chi connectivity index (χ0n) is 11.9. The molecule has 2 aliphatic rings. The number of hydrogen-bond acceptors (Lipinski definition) is 2. The van der Waals surface area contributed by atoms with Crippen LogP contribution in [-0.2, 0) is 4.79 Å². The lowest BCUT2D eigenvalue weighted by molar-refractivity contribution is -0.122. The van der Waals surface area contributed by atoms with Crippen molar-refractivity contribution in [1.82, 2.24) is 10.6 Å². The fourth-order valence-electron chi connectivity index (χ4n) is 3.14. The largest absolute Gasteiger partial charge is 0.351 e. The fourth-order valence-corrected chi connectivity index (χ4v) is 3.14. The Bertz CT molecular complexity index is 672. The number of carbonyl (C=O) groups is 2. The number of hydrogen-bond donors (Lipinski definition) is 2. The third-order valence-electron chi connectivity index (χ3n) is 4.41. The molecule has 1 aromatic rings. The Kier molecular flexibility index (Phi) is 3.68. The van der Waals surface area contributed by atoms with Crippen LogP contribution in [0.15, 0.2) is 30.0 Å². The van der Waals surface area contributed by atoms with Crippen LogP contribution in [0.3, 0.4) is 0 Å². The van der Waals surface area contributed by atoms with Gasteiger partial charge in [-0.25, -0.2) is 8.78 Å². The van der Waals surface area contributed by atoms with E-state index in [0.717, 1.165) is 36.7 Å². The van der Waals surface area contributed by atoms with Crippen LogP contribution in [0.25, 0.3) is 0 Å². The summed E-state index contributed by atoms with van der Waals surface area (Å²) in [5.41, 5.74) is 0.233. The van der Waals surface area contributed by atoms with Crippen molar-refractivity contribution in [3.05, 3.63) is 47.2 Å². The molecule has 6 heteroatoms. The smallest absolute Gasteiger partial charge is 0.254 e. The lowest BCUT2D eigenvalue weighted by atomic mass is 9.77. The molecule has 0 saturated carbocycles. The predicted molar refractivity (Wildman–Crippen MR) is 75.8 cm³/mol. The highest BCUT2D eigenvalue weighted by atomic mass is 19.1. The van der Waals surface area contributed by atoms with E-state index in [0.29, 0.717) is 19.4 Å². The zero-order chi connectivity index (χ0) is 15.7. The molecule has 1 aliphatic heterocycles. The standard InChI is InChI=1S/C16H16F2N2O2/c17-10-3-4-12(18)11(8-10)15(22)19-9-16-6-1-2-13(16)20-14(21)5-7-16/h2-4,8H,1,5-7,9H2,(H,19,22)(H,20,21). The van der Waals surface area contributed by atoms with Gasteiger partial charge in [0, 0.05) is 24.1 Å². The quantitative estimate of drug-likeness (QED) is 0.900. The minimum atomic E-state index is -0.754. The first-order chi connectivity index (χ1) is 10.5. The third-order valence-corrected chi connectivity index (χ3v) is 4.41. The predicted octanol–water partition coefficient (Wildman–Crippen LogP) is 2.27. The van der Waals surface area contributed by atoms with Crippen molar-refractivity contribution in [3.8, 4) is 0 Å². The van der Waals surface area contributed by atoms with E-state index in [9.17, 15) is 18.4 Å². The molecule has 22 heavy (non-hydrogen) atoms. The summed E-state index contributed by atoms with van der Waals surface area (Å²) in [5.74, 6) is -2.08. The summed E-state index contributed by atoms with van der Waals surface area (Å²) in [4.78, 5) is 23.5. The van der Waals surface area contributed by atoms with Crippen LogP contribution in [0.2, 0.25) is 0 Å². The van der Waals surface area contributed by atoms with Gasteiger partial charge >= 0.3 is 0 Å². The first-order valence-corrected chi connectivity index (χ1v) is 7.24. The molecule has 4 nitrogen and oxygen atoms in total. The number of allylic oxidation sites excluding steroid dienone is 1. The van der Waals surface area contributed by atoms with Crippen LogP contribution in [-0.4, -0.2) is 18.4 Å². The number of piperidine rings is 1. The van der Waals surface area contributed by atoms with Crippen LogP contribution in [0.1, 0.15) is 36.0 Å². The van der Waals surface area contributed by atoms with Gasteiger partial charge in [0.25, 0.3) is 5.91 Å². The van der Waals surface area contributed by atoms with E-state index in [1.54, 1.807) is 0 Å². The van der Waals surface area contributed by atoms with Gasteiger partial charge in [-0.1, -0.05) is 6.08 Å². The van der Waals surface area contributed by atoms with E-state index in [2.05, 4.69) is 10.6 Å². The van der Waals surface area contributed by atoms with Crippen molar-refractivity contribution in [1.29, 1.82) is 0 Å². The first-order valence-electron chi connectivity index (χ1n) is 7.24. The molecule has 0 spiro atoms. The summed E-state index contributed by atoms with van der Waals surface area (Å²) in [6, 6.07) is 2.79. The van der Waals surface area contributed by atoms with E-state index >= 15 is 0 Å². The number of benzene rings is 1. The molecule has 1 heterocycles. The monoisotopic (exact) mass is 306 g/mol. The molecule has 1 atom stereocenters. The summed E-state index contributed by atoms with van der Waals surface area (Å²) in [7, 11) is 0. The Hall–Kier alpha value is -2.24. The highest BCUT2D eigenvalue weighted by Crippen LogP contribution is 2.43. The van der Waals surface area contributed by atoms with Crippen LogP contribution in [0.4, 0.5) is 8.78 Å². The normalized spacial score (nSPS) is 23.5. The van der Waals surface area contributed by atoms with Crippen molar-refractivity contribution in [2.45, 2.75) is 25.7 Å². The second-order valence-corrected chi connectivity index (χ2v) is 5.79. The van der Waals surface area contributed by atoms with Gasteiger partial charge in [-0.2, -0.15) is 0 Å². The third kappa shape index (κ3) is 2.61. The van der Waals surface area contributed by atoms with Gasteiger partial charge in [0.15, 0.2) is 0 Å². The highest BCUT2D eigenvalue weighted by molar-refractivity contribution is 5.94. The maximum absolute atomic E-state index is 13.6. The fraction of sp³-hybridized carbons (Fsp3) is 0.375. The Morgan fingerprint density at radius 2 is 2.14 bits per heavy atom. The van der Waals surface area contributed by atoms with Crippen molar-refractivity contribution >= 4 is 11.8 Å². The minimum Gasteiger partial charge on any atom is -0.351 e. The average molecular weight is 306 g/mol. The summed E-state index contributed by atoms with van der Waals surface area (Å²) < 4.78 is 26.8. The van der Waals surface area contributed by atoms with Gasteiger partial charge in [0.05, 0.1) is 5.56 Å². The van der Waals surface area contributed by atoms with E-state index in [-0.39, 0.29) is 16.9 Å². The number of amides is 2. The van der Waals surface area contributed by atoms with Crippen LogP contribution in [0, 0.1) is 17.0 Å². The van der Waals surface area contributed by atoms with Gasteiger partial charge in [-0.15, -0.1) is 0 Å². The van der Waals surface area contributed by atoms with Crippen molar-refractivity contribution in [2.24, 2.45) is 5.41 Å². The van der Waals surface area contributed by atoms with Crippen LogP contribution < -0.4 is 10.6 Å². The lowest BCUT2D eigenvalue weighted by Crippen LogP contribution is -2.46. The molecule has 1 saturated heterocycles. The van der Waals surface area contributed by atoms with E-state index < -0.39 is 17.5 Å². The number of nitrogens with one attached hydrogen (secondary N) is 2. The average Bonchev–Trinajstić information content (AvgIpc) is 2.90. The molecule has 1 aliphatic carbocycles. The summed E-state index contributed by atoms with van der Waals surface area (Å²) in [5, 5.41) is 5.52. The Labute approximate surface area is 126 Å². The molecule has 3 rings (SSSR count). The second-order valence-electron chi connectivity index (χ2n) is 5.79. The summed E-state index contributed by atoms with van der Waals surface area (Å²) >= 11 is 0.